The number of amides is 1. The van der Waals surface area contributed by atoms with E-state index in [-0.39, 0.29) is 5.91 Å². The van der Waals surface area contributed by atoms with Crippen LogP contribution in [0.15, 0.2) is 18.2 Å². The lowest BCUT2D eigenvalue weighted by Crippen LogP contribution is -2.29. The van der Waals surface area contributed by atoms with E-state index in [1.54, 1.807) is 7.11 Å². The molecule has 3 nitrogen and oxygen atoms in total. The van der Waals surface area contributed by atoms with E-state index in [0.717, 1.165) is 24.3 Å². The van der Waals surface area contributed by atoms with Gasteiger partial charge in [-0.2, -0.15) is 0 Å². The van der Waals surface area contributed by atoms with Gasteiger partial charge in [0.15, 0.2) is 0 Å². The minimum atomic E-state index is 0.00528. The van der Waals surface area contributed by atoms with Crippen LogP contribution in [0.2, 0.25) is 0 Å². The molecule has 3 heteroatoms. The van der Waals surface area contributed by atoms with Crippen molar-refractivity contribution < 1.29 is 9.53 Å². The summed E-state index contributed by atoms with van der Waals surface area (Å²) >= 11 is 0. The zero-order valence-corrected chi connectivity index (χ0v) is 13.2. The van der Waals surface area contributed by atoms with Crippen LogP contribution in [-0.2, 0) is 0 Å². The zero-order chi connectivity index (χ0) is 15.0. The lowest BCUT2D eigenvalue weighted by molar-refractivity contribution is 0.0945. The van der Waals surface area contributed by atoms with Crippen LogP contribution in [0.4, 0.5) is 0 Å². The lowest BCUT2D eigenvalue weighted by atomic mass is 9.99. The lowest BCUT2D eigenvalue weighted by Gasteiger charge is -2.15. The number of ether oxygens (including phenoxy) is 1. The second-order valence-corrected chi connectivity index (χ2v) is 5.31. The van der Waals surface area contributed by atoms with E-state index in [4.69, 9.17) is 4.74 Å². The van der Waals surface area contributed by atoms with Crippen LogP contribution in [0, 0.1) is 12.8 Å². The smallest absolute Gasteiger partial charge is 0.251 e. The van der Waals surface area contributed by atoms with Crippen LogP contribution < -0.4 is 10.1 Å². The van der Waals surface area contributed by atoms with Gasteiger partial charge in [-0.05, 0) is 43.0 Å². The molecule has 112 valence electrons. The topological polar surface area (TPSA) is 38.3 Å². The van der Waals surface area contributed by atoms with Crippen molar-refractivity contribution in [3.8, 4) is 5.75 Å². The molecule has 1 rings (SSSR count). The first-order chi connectivity index (χ1) is 9.62. The number of carbonyl (C=O) groups is 1. The standard InChI is InChI=1S/C17H27NO2/c1-5-7-8-14(6-2)12-18-17(19)15-9-10-16(20-4)13(3)11-15/h9-11,14H,5-8,12H2,1-4H3,(H,18,19)/t14-/m0/s1. The molecule has 0 bridgehead atoms. The molecule has 0 aliphatic rings. The second-order valence-electron chi connectivity index (χ2n) is 5.31. The van der Waals surface area contributed by atoms with Gasteiger partial charge in [-0.1, -0.05) is 33.1 Å². The van der Waals surface area contributed by atoms with Gasteiger partial charge in [0, 0.05) is 12.1 Å². The quantitative estimate of drug-likeness (QED) is 0.781. The monoisotopic (exact) mass is 277 g/mol. The summed E-state index contributed by atoms with van der Waals surface area (Å²) in [7, 11) is 1.64. The fourth-order valence-corrected chi connectivity index (χ4v) is 2.30. The third kappa shape index (κ3) is 4.87. The van der Waals surface area contributed by atoms with E-state index < -0.39 is 0 Å². The van der Waals surface area contributed by atoms with Crippen molar-refractivity contribution in [3.05, 3.63) is 29.3 Å². The molecule has 1 atom stereocenters. The molecule has 0 aromatic heterocycles. The summed E-state index contributed by atoms with van der Waals surface area (Å²) in [6.07, 6.45) is 4.75. The van der Waals surface area contributed by atoms with Gasteiger partial charge in [0.1, 0.15) is 5.75 Å². The van der Waals surface area contributed by atoms with Crippen LogP contribution in [-0.4, -0.2) is 19.6 Å². The van der Waals surface area contributed by atoms with E-state index >= 15 is 0 Å². The molecule has 0 spiro atoms. The molecule has 0 unspecified atom stereocenters. The van der Waals surface area contributed by atoms with Gasteiger partial charge in [-0.15, -0.1) is 0 Å². The minimum Gasteiger partial charge on any atom is -0.496 e. The summed E-state index contributed by atoms with van der Waals surface area (Å²) in [6.45, 7) is 7.10. The first kappa shape index (κ1) is 16.5. The Kier molecular flexibility index (Phi) is 7.13. The first-order valence-electron chi connectivity index (χ1n) is 7.55. The molecular formula is C17H27NO2. The van der Waals surface area contributed by atoms with Gasteiger partial charge in [-0.25, -0.2) is 0 Å². The maximum absolute atomic E-state index is 12.1. The Morgan fingerprint density at radius 3 is 2.65 bits per heavy atom. The van der Waals surface area contributed by atoms with Crippen molar-refractivity contribution in [2.45, 2.75) is 46.5 Å². The highest BCUT2D eigenvalue weighted by atomic mass is 16.5. The van der Waals surface area contributed by atoms with E-state index in [2.05, 4.69) is 19.2 Å². The molecule has 0 aliphatic heterocycles. The van der Waals surface area contributed by atoms with Crippen molar-refractivity contribution >= 4 is 5.91 Å². The summed E-state index contributed by atoms with van der Waals surface area (Å²) < 4.78 is 5.21. The van der Waals surface area contributed by atoms with Crippen molar-refractivity contribution in [2.75, 3.05) is 13.7 Å². The highest BCUT2D eigenvalue weighted by Gasteiger charge is 2.11. The molecule has 20 heavy (non-hydrogen) atoms. The van der Waals surface area contributed by atoms with Crippen LogP contribution in [0.5, 0.6) is 5.75 Å². The van der Waals surface area contributed by atoms with Crippen LogP contribution >= 0.6 is 0 Å². The molecule has 1 amide bonds. The molecule has 1 N–H and O–H groups in total. The maximum Gasteiger partial charge on any atom is 0.251 e. The highest BCUT2D eigenvalue weighted by Crippen LogP contribution is 2.18. The van der Waals surface area contributed by atoms with Crippen molar-refractivity contribution in [1.82, 2.24) is 5.32 Å². The van der Waals surface area contributed by atoms with E-state index in [9.17, 15) is 4.79 Å². The first-order valence-corrected chi connectivity index (χ1v) is 7.55. The predicted octanol–water partition coefficient (Wildman–Crippen LogP) is 3.95. The molecule has 0 radical (unpaired) electrons. The Balaban J connectivity index is 2.55. The molecule has 0 aliphatic carbocycles. The molecule has 0 saturated heterocycles. The molecule has 0 fully saturated rings. The van der Waals surface area contributed by atoms with Crippen molar-refractivity contribution in [1.29, 1.82) is 0 Å². The average Bonchev–Trinajstić information content (AvgIpc) is 2.47. The van der Waals surface area contributed by atoms with Gasteiger partial charge < -0.3 is 10.1 Å². The fraction of sp³-hybridized carbons (Fsp3) is 0.588. The van der Waals surface area contributed by atoms with Gasteiger partial charge in [0.2, 0.25) is 0 Å². The second kappa shape index (κ2) is 8.62. The minimum absolute atomic E-state index is 0.00528. The van der Waals surface area contributed by atoms with Crippen molar-refractivity contribution in [2.24, 2.45) is 5.92 Å². The Hall–Kier alpha value is -1.51. The number of hydrogen-bond acceptors (Lipinski definition) is 2. The Bertz CT molecular complexity index is 429. The third-order valence-corrected chi connectivity index (χ3v) is 3.75. The summed E-state index contributed by atoms with van der Waals surface area (Å²) in [5.41, 5.74) is 1.69. The number of methoxy groups -OCH3 is 1. The Morgan fingerprint density at radius 1 is 1.35 bits per heavy atom. The van der Waals surface area contributed by atoms with E-state index in [0.29, 0.717) is 11.5 Å². The predicted molar refractivity (Wildman–Crippen MR) is 83.4 cm³/mol. The molecule has 1 aromatic rings. The Morgan fingerprint density at radius 2 is 2.10 bits per heavy atom. The zero-order valence-electron chi connectivity index (χ0n) is 13.2. The highest BCUT2D eigenvalue weighted by molar-refractivity contribution is 5.94. The number of nitrogens with one attached hydrogen (secondary N) is 1. The average molecular weight is 277 g/mol. The largest absolute Gasteiger partial charge is 0.496 e. The number of benzene rings is 1. The molecule has 0 saturated carbocycles. The Labute approximate surface area is 122 Å². The van der Waals surface area contributed by atoms with Crippen LogP contribution in [0.3, 0.4) is 0 Å². The van der Waals surface area contributed by atoms with Gasteiger partial charge in [-0.3, -0.25) is 4.79 Å². The number of unbranched alkanes of at least 4 members (excludes halogenated alkanes) is 1. The maximum atomic E-state index is 12.1. The van der Waals surface area contributed by atoms with Gasteiger partial charge in [0.25, 0.3) is 5.91 Å². The van der Waals surface area contributed by atoms with E-state index in [1.807, 2.05) is 25.1 Å². The number of carbonyl (C=O) groups excluding carboxylic acids is 1. The number of aryl methyl sites for hydroxylation is 1. The van der Waals surface area contributed by atoms with Crippen molar-refractivity contribution in [3.63, 3.8) is 0 Å². The van der Waals surface area contributed by atoms with Gasteiger partial charge in [0.05, 0.1) is 7.11 Å². The molecule has 0 heterocycles. The third-order valence-electron chi connectivity index (χ3n) is 3.75. The number of hydrogen-bond donors (Lipinski definition) is 1. The summed E-state index contributed by atoms with van der Waals surface area (Å²) in [4.78, 5) is 12.1. The van der Waals surface area contributed by atoms with Gasteiger partial charge >= 0.3 is 0 Å². The summed E-state index contributed by atoms with van der Waals surface area (Å²) in [5.74, 6) is 1.40. The normalized spacial score (nSPS) is 12.0. The SMILES string of the molecule is CCCC[C@H](CC)CNC(=O)c1ccc(OC)c(C)c1. The van der Waals surface area contributed by atoms with E-state index in [1.165, 1.54) is 19.3 Å². The molecule has 1 aromatic carbocycles. The summed E-state index contributed by atoms with van der Waals surface area (Å²) in [5, 5.41) is 3.04. The van der Waals surface area contributed by atoms with Crippen LogP contribution in [0.1, 0.15) is 55.5 Å². The summed E-state index contributed by atoms with van der Waals surface area (Å²) in [6, 6.07) is 5.54. The number of rotatable bonds is 8. The van der Waals surface area contributed by atoms with Crippen LogP contribution in [0.25, 0.3) is 0 Å². The fourth-order valence-electron chi connectivity index (χ4n) is 2.30. The molecular weight excluding hydrogens is 250 g/mol.